The molecule has 5 nitrogen and oxygen atoms in total. The monoisotopic (exact) mass is 217 g/mol. The number of rotatable bonds is 3. The van der Waals surface area contributed by atoms with E-state index >= 15 is 0 Å². The lowest BCUT2D eigenvalue weighted by molar-refractivity contribution is 0.0696. The number of hydrogen-bond acceptors (Lipinski definition) is 3. The first-order valence-electron chi connectivity index (χ1n) is 4.96. The van der Waals surface area contributed by atoms with Crippen LogP contribution < -0.4 is 0 Å². The largest absolute Gasteiger partial charge is 0.478 e. The van der Waals surface area contributed by atoms with E-state index in [0.717, 1.165) is 12.0 Å². The van der Waals surface area contributed by atoms with Crippen LogP contribution in [0.25, 0.3) is 5.69 Å². The predicted molar refractivity (Wildman–Crippen MR) is 57.7 cm³/mol. The number of aryl methyl sites for hydroxylation is 1. The molecule has 1 aromatic carbocycles. The Morgan fingerprint density at radius 1 is 1.50 bits per heavy atom. The van der Waals surface area contributed by atoms with Gasteiger partial charge in [0.15, 0.2) is 0 Å². The summed E-state index contributed by atoms with van der Waals surface area (Å²) in [5.74, 6) is -0.958. The average Bonchev–Trinajstić information content (AvgIpc) is 2.81. The van der Waals surface area contributed by atoms with Crippen LogP contribution in [0.3, 0.4) is 0 Å². The zero-order chi connectivity index (χ0) is 11.5. The van der Waals surface area contributed by atoms with Gasteiger partial charge in [-0.15, -0.1) is 5.10 Å². The van der Waals surface area contributed by atoms with Crippen molar-refractivity contribution in [1.82, 2.24) is 15.0 Å². The third kappa shape index (κ3) is 1.67. The summed E-state index contributed by atoms with van der Waals surface area (Å²) in [4.78, 5) is 11.1. The van der Waals surface area contributed by atoms with E-state index in [9.17, 15) is 4.79 Å². The van der Waals surface area contributed by atoms with E-state index in [2.05, 4.69) is 10.3 Å². The summed E-state index contributed by atoms with van der Waals surface area (Å²) in [6.45, 7) is 1.97. The van der Waals surface area contributed by atoms with Crippen molar-refractivity contribution in [2.45, 2.75) is 13.3 Å². The first-order chi connectivity index (χ1) is 7.74. The van der Waals surface area contributed by atoms with E-state index in [4.69, 9.17) is 5.11 Å². The summed E-state index contributed by atoms with van der Waals surface area (Å²) in [5.41, 5.74) is 1.77. The molecule has 0 saturated heterocycles. The fourth-order valence-electron chi connectivity index (χ4n) is 1.65. The highest BCUT2D eigenvalue weighted by atomic mass is 16.4. The molecule has 0 saturated carbocycles. The molecule has 1 heterocycles. The Kier molecular flexibility index (Phi) is 2.68. The zero-order valence-corrected chi connectivity index (χ0v) is 8.79. The molecule has 1 aromatic heterocycles. The third-order valence-corrected chi connectivity index (χ3v) is 2.38. The van der Waals surface area contributed by atoms with Gasteiger partial charge in [0.25, 0.3) is 0 Å². The number of nitrogens with zero attached hydrogens (tertiary/aromatic N) is 3. The molecule has 0 radical (unpaired) electrons. The second-order valence-electron chi connectivity index (χ2n) is 3.32. The molecule has 5 heteroatoms. The van der Waals surface area contributed by atoms with Gasteiger partial charge >= 0.3 is 5.97 Å². The standard InChI is InChI=1S/C11H11N3O2/c1-2-8-4-3-5-9(11(15)16)10(8)14-7-6-12-13-14/h3-7H,2H2,1H3,(H,15,16). The maximum Gasteiger partial charge on any atom is 0.337 e. The van der Waals surface area contributed by atoms with Crippen molar-refractivity contribution >= 4 is 5.97 Å². The van der Waals surface area contributed by atoms with Crippen molar-refractivity contribution in [2.24, 2.45) is 0 Å². The van der Waals surface area contributed by atoms with Gasteiger partial charge in [0.05, 0.1) is 23.6 Å². The molecule has 0 bridgehead atoms. The first kappa shape index (κ1) is 10.4. The Morgan fingerprint density at radius 2 is 2.31 bits per heavy atom. The molecule has 0 aliphatic carbocycles. The quantitative estimate of drug-likeness (QED) is 0.846. The third-order valence-electron chi connectivity index (χ3n) is 2.38. The van der Waals surface area contributed by atoms with E-state index in [1.54, 1.807) is 18.3 Å². The number of benzene rings is 1. The zero-order valence-electron chi connectivity index (χ0n) is 8.79. The number of carboxylic acids is 1. The fraction of sp³-hybridized carbons (Fsp3) is 0.182. The molecule has 0 unspecified atom stereocenters. The number of carboxylic acid groups (broad SMARTS) is 1. The number of aromatic nitrogens is 3. The highest BCUT2D eigenvalue weighted by Gasteiger charge is 2.15. The summed E-state index contributed by atoms with van der Waals surface area (Å²) in [6, 6.07) is 5.20. The first-order valence-corrected chi connectivity index (χ1v) is 4.96. The smallest absolute Gasteiger partial charge is 0.337 e. The molecular weight excluding hydrogens is 206 g/mol. The molecular formula is C11H11N3O2. The lowest BCUT2D eigenvalue weighted by atomic mass is 10.1. The molecule has 2 aromatic rings. The molecule has 0 fully saturated rings. The summed E-state index contributed by atoms with van der Waals surface area (Å²) in [7, 11) is 0. The van der Waals surface area contributed by atoms with E-state index in [1.807, 2.05) is 13.0 Å². The van der Waals surface area contributed by atoms with Gasteiger partial charge in [-0.05, 0) is 18.1 Å². The minimum absolute atomic E-state index is 0.241. The Balaban J connectivity index is 2.68. The van der Waals surface area contributed by atoms with Crippen LogP contribution in [0.1, 0.15) is 22.8 Å². The summed E-state index contributed by atoms with van der Waals surface area (Å²) < 4.78 is 1.49. The maximum atomic E-state index is 11.1. The lowest BCUT2D eigenvalue weighted by Gasteiger charge is -2.10. The van der Waals surface area contributed by atoms with Gasteiger partial charge in [-0.1, -0.05) is 24.3 Å². The van der Waals surface area contributed by atoms with Crippen LogP contribution >= 0.6 is 0 Å². The van der Waals surface area contributed by atoms with Gasteiger partial charge in [0, 0.05) is 0 Å². The predicted octanol–water partition coefficient (Wildman–Crippen LogP) is 1.53. The molecule has 0 aliphatic heterocycles. The van der Waals surface area contributed by atoms with Crippen LogP contribution in [0.2, 0.25) is 0 Å². The summed E-state index contributed by atoms with van der Waals surface area (Å²) in [5, 5.41) is 16.7. The van der Waals surface area contributed by atoms with E-state index in [-0.39, 0.29) is 5.56 Å². The van der Waals surface area contributed by atoms with Crippen LogP contribution in [0.4, 0.5) is 0 Å². The van der Waals surface area contributed by atoms with Crippen LogP contribution in [-0.4, -0.2) is 26.1 Å². The Morgan fingerprint density at radius 3 is 2.88 bits per heavy atom. The van der Waals surface area contributed by atoms with Gasteiger partial charge in [-0.25, -0.2) is 9.48 Å². The van der Waals surface area contributed by atoms with Crippen molar-refractivity contribution in [1.29, 1.82) is 0 Å². The van der Waals surface area contributed by atoms with Crippen LogP contribution in [-0.2, 0) is 6.42 Å². The van der Waals surface area contributed by atoms with Gasteiger partial charge in [0.1, 0.15) is 0 Å². The van der Waals surface area contributed by atoms with Gasteiger partial charge in [-0.3, -0.25) is 0 Å². The molecule has 1 N–H and O–H groups in total. The summed E-state index contributed by atoms with van der Waals surface area (Å²) in [6.07, 6.45) is 3.91. The lowest BCUT2D eigenvalue weighted by Crippen LogP contribution is -2.09. The Labute approximate surface area is 92.3 Å². The number of aromatic carboxylic acids is 1. The summed E-state index contributed by atoms with van der Waals surface area (Å²) >= 11 is 0. The van der Waals surface area contributed by atoms with Gasteiger partial charge < -0.3 is 5.11 Å². The van der Waals surface area contributed by atoms with E-state index in [1.165, 1.54) is 10.9 Å². The average molecular weight is 217 g/mol. The van der Waals surface area contributed by atoms with Crippen LogP contribution in [0, 0.1) is 0 Å². The topological polar surface area (TPSA) is 68.0 Å². The molecule has 0 spiro atoms. The van der Waals surface area contributed by atoms with Crippen molar-refractivity contribution in [3.8, 4) is 5.69 Å². The number of carbonyl (C=O) groups is 1. The van der Waals surface area contributed by atoms with E-state index < -0.39 is 5.97 Å². The molecule has 0 aliphatic rings. The second-order valence-corrected chi connectivity index (χ2v) is 3.32. The normalized spacial score (nSPS) is 10.3. The number of hydrogen-bond donors (Lipinski definition) is 1. The second kappa shape index (κ2) is 4.14. The van der Waals surface area contributed by atoms with Crippen molar-refractivity contribution in [3.05, 3.63) is 41.7 Å². The maximum absolute atomic E-state index is 11.1. The molecule has 2 rings (SSSR count). The van der Waals surface area contributed by atoms with E-state index in [0.29, 0.717) is 5.69 Å². The number of para-hydroxylation sites is 1. The molecule has 16 heavy (non-hydrogen) atoms. The van der Waals surface area contributed by atoms with Crippen molar-refractivity contribution in [2.75, 3.05) is 0 Å². The highest BCUT2D eigenvalue weighted by Crippen LogP contribution is 2.19. The molecule has 0 amide bonds. The van der Waals surface area contributed by atoms with Gasteiger partial charge in [-0.2, -0.15) is 0 Å². The molecule has 82 valence electrons. The van der Waals surface area contributed by atoms with Gasteiger partial charge in [0.2, 0.25) is 0 Å². The highest BCUT2D eigenvalue weighted by molar-refractivity contribution is 5.92. The van der Waals surface area contributed by atoms with Crippen molar-refractivity contribution in [3.63, 3.8) is 0 Å². The van der Waals surface area contributed by atoms with Crippen LogP contribution in [0.5, 0.6) is 0 Å². The SMILES string of the molecule is CCc1cccc(C(=O)O)c1-n1ccnn1. The molecule has 0 atom stereocenters. The Bertz CT molecular complexity index is 506. The minimum atomic E-state index is -0.958. The van der Waals surface area contributed by atoms with Crippen LogP contribution in [0.15, 0.2) is 30.6 Å². The minimum Gasteiger partial charge on any atom is -0.478 e. The van der Waals surface area contributed by atoms with Crippen molar-refractivity contribution < 1.29 is 9.90 Å². The fourth-order valence-corrected chi connectivity index (χ4v) is 1.65. The Hall–Kier alpha value is -2.17.